The highest BCUT2D eigenvalue weighted by atomic mass is 16.5. The molecular weight excluding hydrogens is 200 g/mol. The van der Waals surface area contributed by atoms with Crippen LogP contribution < -0.4 is 10.6 Å². The van der Waals surface area contributed by atoms with Gasteiger partial charge in [-0.15, -0.1) is 0 Å². The molecule has 16 heavy (non-hydrogen) atoms. The van der Waals surface area contributed by atoms with Crippen LogP contribution in [0.2, 0.25) is 0 Å². The Morgan fingerprint density at radius 2 is 2.06 bits per heavy atom. The second kappa shape index (κ2) is 5.99. The Morgan fingerprint density at radius 3 is 2.56 bits per heavy atom. The quantitative estimate of drug-likeness (QED) is 0.752. The van der Waals surface area contributed by atoms with Gasteiger partial charge in [0.05, 0.1) is 6.10 Å². The van der Waals surface area contributed by atoms with Crippen LogP contribution in [0.3, 0.4) is 0 Å². The summed E-state index contributed by atoms with van der Waals surface area (Å²) in [5.41, 5.74) is 0.201. The summed E-state index contributed by atoms with van der Waals surface area (Å²) < 4.78 is 5.68. The monoisotopic (exact) mass is 228 g/mol. The van der Waals surface area contributed by atoms with Crippen LogP contribution in [0.4, 0.5) is 0 Å². The lowest BCUT2D eigenvalue weighted by Gasteiger charge is -2.25. The normalized spacial score (nSPS) is 28.3. The molecule has 2 N–H and O–H groups in total. The van der Waals surface area contributed by atoms with E-state index in [-0.39, 0.29) is 5.54 Å². The first-order valence-corrected chi connectivity index (χ1v) is 6.48. The zero-order valence-corrected chi connectivity index (χ0v) is 11.5. The third-order valence-electron chi connectivity index (χ3n) is 3.15. The van der Waals surface area contributed by atoms with Gasteiger partial charge in [-0.05, 0) is 40.0 Å². The Hall–Kier alpha value is -0.120. The molecule has 1 aliphatic heterocycles. The fourth-order valence-corrected chi connectivity index (χ4v) is 1.86. The highest BCUT2D eigenvalue weighted by molar-refractivity contribution is 4.78. The minimum Gasteiger partial charge on any atom is -0.377 e. The van der Waals surface area contributed by atoms with Crippen molar-refractivity contribution in [3.63, 3.8) is 0 Å². The van der Waals surface area contributed by atoms with Gasteiger partial charge in [-0.3, -0.25) is 0 Å². The van der Waals surface area contributed by atoms with E-state index in [2.05, 4.69) is 45.3 Å². The molecule has 0 spiro atoms. The largest absolute Gasteiger partial charge is 0.377 e. The van der Waals surface area contributed by atoms with Crippen molar-refractivity contribution in [3.8, 4) is 0 Å². The average Bonchev–Trinajstić information content (AvgIpc) is 2.57. The highest BCUT2D eigenvalue weighted by Crippen LogP contribution is 2.19. The van der Waals surface area contributed by atoms with Crippen LogP contribution in [0.25, 0.3) is 0 Å². The van der Waals surface area contributed by atoms with Crippen LogP contribution in [0.15, 0.2) is 0 Å². The van der Waals surface area contributed by atoms with E-state index in [0.717, 1.165) is 19.7 Å². The van der Waals surface area contributed by atoms with E-state index in [1.165, 1.54) is 6.42 Å². The summed E-state index contributed by atoms with van der Waals surface area (Å²) in [5, 5.41) is 7.04. The smallest absolute Gasteiger partial charge is 0.0725 e. The van der Waals surface area contributed by atoms with Gasteiger partial charge in [-0.2, -0.15) is 0 Å². The minimum absolute atomic E-state index is 0.201. The Labute approximate surface area is 100 Å². The van der Waals surface area contributed by atoms with Gasteiger partial charge < -0.3 is 15.4 Å². The molecule has 0 aromatic rings. The van der Waals surface area contributed by atoms with Crippen molar-refractivity contribution >= 4 is 0 Å². The van der Waals surface area contributed by atoms with Gasteiger partial charge in [0.1, 0.15) is 0 Å². The van der Waals surface area contributed by atoms with Gasteiger partial charge in [0.25, 0.3) is 0 Å². The third kappa shape index (κ3) is 5.28. The Balaban J connectivity index is 2.12. The average molecular weight is 228 g/mol. The van der Waals surface area contributed by atoms with E-state index >= 15 is 0 Å². The van der Waals surface area contributed by atoms with Crippen LogP contribution in [0.5, 0.6) is 0 Å². The molecule has 96 valence electrons. The summed E-state index contributed by atoms with van der Waals surface area (Å²) in [6.07, 6.45) is 1.62. The Kier molecular flexibility index (Phi) is 5.22. The summed E-state index contributed by atoms with van der Waals surface area (Å²) in [6.45, 7) is 14.0. The van der Waals surface area contributed by atoms with Gasteiger partial charge in [0.15, 0.2) is 0 Å². The van der Waals surface area contributed by atoms with Gasteiger partial charge in [-0.25, -0.2) is 0 Å². The van der Waals surface area contributed by atoms with E-state index in [0.29, 0.717) is 18.1 Å². The lowest BCUT2D eigenvalue weighted by atomic mass is 10.0. The summed E-state index contributed by atoms with van der Waals surface area (Å²) in [4.78, 5) is 0. The summed E-state index contributed by atoms with van der Waals surface area (Å²) in [7, 11) is 0. The molecule has 1 aliphatic rings. The van der Waals surface area contributed by atoms with Crippen LogP contribution >= 0.6 is 0 Å². The lowest BCUT2D eigenvalue weighted by Crippen LogP contribution is -2.46. The molecule has 0 aliphatic carbocycles. The number of rotatable bonds is 5. The molecule has 3 heteroatoms. The molecule has 3 unspecified atom stereocenters. The first kappa shape index (κ1) is 13.9. The Morgan fingerprint density at radius 1 is 1.38 bits per heavy atom. The van der Waals surface area contributed by atoms with Gasteiger partial charge in [0.2, 0.25) is 0 Å². The van der Waals surface area contributed by atoms with Crippen LogP contribution in [-0.2, 0) is 4.74 Å². The predicted octanol–water partition coefficient (Wildman–Crippen LogP) is 1.78. The van der Waals surface area contributed by atoms with Crippen molar-refractivity contribution in [1.82, 2.24) is 10.6 Å². The molecule has 3 nitrogen and oxygen atoms in total. The zero-order valence-electron chi connectivity index (χ0n) is 11.5. The van der Waals surface area contributed by atoms with E-state index < -0.39 is 0 Å². The zero-order chi connectivity index (χ0) is 12.2. The molecule has 0 radical (unpaired) electrons. The van der Waals surface area contributed by atoms with E-state index in [4.69, 9.17) is 4.74 Å². The maximum Gasteiger partial charge on any atom is 0.0725 e. The first-order valence-electron chi connectivity index (χ1n) is 6.48. The van der Waals surface area contributed by atoms with Crippen molar-refractivity contribution in [2.45, 2.75) is 58.7 Å². The number of ether oxygens (including phenoxy) is 1. The molecule has 0 amide bonds. The topological polar surface area (TPSA) is 33.3 Å². The fraction of sp³-hybridized carbons (Fsp3) is 1.00. The summed E-state index contributed by atoms with van der Waals surface area (Å²) in [5.74, 6) is 0.704. The molecule has 0 bridgehead atoms. The van der Waals surface area contributed by atoms with Crippen molar-refractivity contribution in [2.24, 2.45) is 5.92 Å². The number of nitrogens with one attached hydrogen (secondary N) is 2. The first-order chi connectivity index (χ1) is 7.38. The number of hydrogen-bond acceptors (Lipinski definition) is 3. The van der Waals surface area contributed by atoms with E-state index in [1.807, 2.05) is 0 Å². The molecule has 1 heterocycles. The van der Waals surface area contributed by atoms with Gasteiger partial charge in [-0.1, -0.05) is 6.92 Å². The van der Waals surface area contributed by atoms with Crippen molar-refractivity contribution in [3.05, 3.63) is 0 Å². The molecule has 0 saturated carbocycles. The van der Waals surface area contributed by atoms with Gasteiger partial charge in [0, 0.05) is 31.3 Å². The summed E-state index contributed by atoms with van der Waals surface area (Å²) in [6, 6.07) is 0.496. The molecule has 0 aromatic heterocycles. The van der Waals surface area contributed by atoms with Crippen molar-refractivity contribution in [2.75, 3.05) is 19.7 Å². The second-order valence-electron chi connectivity index (χ2n) is 6.12. The fourth-order valence-electron chi connectivity index (χ4n) is 1.86. The SMILES string of the molecule is CC(CNC(C)(C)C)NCC1OCCC1C. The van der Waals surface area contributed by atoms with E-state index in [9.17, 15) is 0 Å². The standard InChI is InChI=1S/C13H28N2O/c1-10-6-7-16-12(10)9-14-11(2)8-15-13(3,4)5/h10-12,14-15H,6-9H2,1-5H3. The Bertz CT molecular complexity index is 201. The second-order valence-corrected chi connectivity index (χ2v) is 6.12. The van der Waals surface area contributed by atoms with Crippen molar-refractivity contribution in [1.29, 1.82) is 0 Å². The minimum atomic E-state index is 0.201. The molecule has 3 atom stereocenters. The van der Waals surface area contributed by atoms with Crippen LogP contribution in [0, 0.1) is 5.92 Å². The molecule has 0 aromatic carbocycles. The molecule has 1 rings (SSSR count). The van der Waals surface area contributed by atoms with Gasteiger partial charge >= 0.3 is 0 Å². The molecule has 1 fully saturated rings. The van der Waals surface area contributed by atoms with Crippen molar-refractivity contribution < 1.29 is 4.74 Å². The lowest BCUT2D eigenvalue weighted by molar-refractivity contribution is 0.0910. The van der Waals surface area contributed by atoms with Crippen LogP contribution in [-0.4, -0.2) is 37.4 Å². The van der Waals surface area contributed by atoms with Crippen LogP contribution in [0.1, 0.15) is 41.0 Å². The highest BCUT2D eigenvalue weighted by Gasteiger charge is 2.24. The summed E-state index contributed by atoms with van der Waals surface area (Å²) >= 11 is 0. The molecule has 1 saturated heterocycles. The molecular formula is C13H28N2O. The third-order valence-corrected chi connectivity index (χ3v) is 3.15. The predicted molar refractivity (Wildman–Crippen MR) is 68.7 cm³/mol. The number of hydrogen-bond donors (Lipinski definition) is 2. The maximum atomic E-state index is 5.68. The maximum absolute atomic E-state index is 5.68. The van der Waals surface area contributed by atoms with E-state index in [1.54, 1.807) is 0 Å².